The molecule has 0 saturated heterocycles. The zero-order valence-corrected chi connectivity index (χ0v) is 10.7. The number of pyridine rings is 1. The van der Waals surface area contributed by atoms with Gasteiger partial charge in [0.1, 0.15) is 5.65 Å². The third-order valence-corrected chi connectivity index (χ3v) is 3.11. The summed E-state index contributed by atoms with van der Waals surface area (Å²) in [5, 5.41) is 0. The second-order valence-corrected chi connectivity index (χ2v) is 4.76. The van der Waals surface area contributed by atoms with E-state index in [9.17, 15) is 8.78 Å². The first-order chi connectivity index (χ1) is 8.65. The van der Waals surface area contributed by atoms with Gasteiger partial charge in [-0.05, 0) is 40.2 Å². The number of fused-ring (bicyclic) bond motifs is 1. The lowest BCUT2D eigenvalue weighted by molar-refractivity contribution is 0.511. The van der Waals surface area contributed by atoms with Crippen LogP contribution in [0.2, 0.25) is 0 Å². The minimum Gasteiger partial charge on any atom is -0.305 e. The molecule has 1 aromatic carbocycles. The predicted molar refractivity (Wildman–Crippen MR) is 68.2 cm³/mol. The molecule has 0 amide bonds. The summed E-state index contributed by atoms with van der Waals surface area (Å²) in [5.74, 6) is -1.74. The fraction of sp³-hybridized carbons (Fsp3) is 0. The van der Waals surface area contributed by atoms with E-state index in [1.807, 2.05) is 12.3 Å². The Balaban J connectivity index is 2.22. The highest BCUT2D eigenvalue weighted by atomic mass is 79.9. The molecule has 0 aliphatic heterocycles. The topological polar surface area (TPSA) is 17.3 Å². The van der Waals surface area contributed by atoms with Crippen molar-refractivity contribution in [2.24, 2.45) is 0 Å². The molecule has 0 unspecified atom stereocenters. The van der Waals surface area contributed by atoms with Crippen LogP contribution in [-0.2, 0) is 0 Å². The molecule has 0 aliphatic rings. The molecule has 0 bridgehead atoms. The van der Waals surface area contributed by atoms with Gasteiger partial charge in [-0.1, -0.05) is 6.07 Å². The van der Waals surface area contributed by atoms with E-state index in [2.05, 4.69) is 20.9 Å². The number of halogens is 3. The Hall–Kier alpha value is -1.75. The van der Waals surface area contributed by atoms with Crippen molar-refractivity contribution in [2.45, 2.75) is 0 Å². The van der Waals surface area contributed by atoms with Gasteiger partial charge in [-0.3, -0.25) is 0 Å². The maximum absolute atomic E-state index is 13.7. The van der Waals surface area contributed by atoms with Crippen molar-refractivity contribution in [1.29, 1.82) is 0 Å². The second-order valence-electron chi connectivity index (χ2n) is 3.84. The summed E-state index contributed by atoms with van der Waals surface area (Å²) < 4.78 is 29.5. The van der Waals surface area contributed by atoms with E-state index >= 15 is 0 Å². The molecule has 0 fully saturated rings. The van der Waals surface area contributed by atoms with Gasteiger partial charge in [-0.15, -0.1) is 0 Å². The van der Waals surface area contributed by atoms with E-state index in [4.69, 9.17) is 0 Å². The minimum atomic E-state index is -0.875. The first-order valence-electron chi connectivity index (χ1n) is 5.24. The van der Waals surface area contributed by atoms with Crippen molar-refractivity contribution >= 4 is 21.6 Å². The Morgan fingerprint density at radius 1 is 1.06 bits per heavy atom. The standard InChI is InChI=1S/C13H7BrF2N2/c14-8-4-5-12-17-11(7-18(12)6-8)9-2-1-3-10(15)13(9)16/h1-7H. The number of imidazole rings is 1. The van der Waals surface area contributed by atoms with E-state index in [1.54, 1.807) is 16.7 Å². The van der Waals surface area contributed by atoms with Crippen molar-refractivity contribution < 1.29 is 8.78 Å². The largest absolute Gasteiger partial charge is 0.305 e. The molecule has 0 atom stereocenters. The number of benzene rings is 1. The van der Waals surface area contributed by atoms with Crippen molar-refractivity contribution in [3.63, 3.8) is 0 Å². The Labute approximate surface area is 110 Å². The molecule has 3 rings (SSSR count). The van der Waals surface area contributed by atoms with Crippen LogP contribution in [0.3, 0.4) is 0 Å². The molecule has 2 nitrogen and oxygen atoms in total. The van der Waals surface area contributed by atoms with E-state index in [0.29, 0.717) is 11.3 Å². The normalized spacial score (nSPS) is 11.1. The zero-order chi connectivity index (χ0) is 12.7. The highest BCUT2D eigenvalue weighted by Gasteiger charge is 2.12. The lowest BCUT2D eigenvalue weighted by atomic mass is 10.1. The summed E-state index contributed by atoms with van der Waals surface area (Å²) in [6.45, 7) is 0. The van der Waals surface area contributed by atoms with Crippen LogP contribution in [0.5, 0.6) is 0 Å². The zero-order valence-electron chi connectivity index (χ0n) is 9.07. The molecule has 2 aromatic heterocycles. The summed E-state index contributed by atoms with van der Waals surface area (Å²) in [5.41, 5.74) is 1.25. The van der Waals surface area contributed by atoms with Crippen LogP contribution < -0.4 is 0 Å². The van der Waals surface area contributed by atoms with Crippen LogP contribution in [0.1, 0.15) is 0 Å². The van der Waals surface area contributed by atoms with Gasteiger partial charge in [0.2, 0.25) is 0 Å². The summed E-state index contributed by atoms with van der Waals surface area (Å²) >= 11 is 3.34. The average molecular weight is 309 g/mol. The Kier molecular flexibility index (Phi) is 2.63. The number of hydrogen-bond donors (Lipinski definition) is 0. The minimum absolute atomic E-state index is 0.162. The van der Waals surface area contributed by atoms with Gasteiger partial charge in [-0.2, -0.15) is 0 Å². The van der Waals surface area contributed by atoms with Gasteiger partial charge in [0.15, 0.2) is 11.6 Å². The lowest BCUT2D eigenvalue weighted by Crippen LogP contribution is -1.88. The van der Waals surface area contributed by atoms with Crippen LogP contribution in [0.4, 0.5) is 8.78 Å². The smallest absolute Gasteiger partial charge is 0.168 e. The van der Waals surface area contributed by atoms with Crippen LogP contribution in [0, 0.1) is 11.6 Å². The van der Waals surface area contributed by atoms with Crippen LogP contribution in [0.15, 0.2) is 47.2 Å². The monoisotopic (exact) mass is 308 g/mol. The fourth-order valence-electron chi connectivity index (χ4n) is 1.80. The van der Waals surface area contributed by atoms with E-state index in [1.165, 1.54) is 12.1 Å². The molecule has 0 radical (unpaired) electrons. The van der Waals surface area contributed by atoms with Crippen molar-refractivity contribution in [3.8, 4) is 11.3 Å². The van der Waals surface area contributed by atoms with Gasteiger partial charge in [0, 0.05) is 22.4 Å². The van der Waals surface area contributed by atoms with Crippen molar-refractivity contribution in [1.82, 2.24) is 9.38 Å². The van der Waals surface area contributed by atoms with E-state index in [0.717, 1.165) is 10.5 Å². The summed E-state index contributed by atoms with van der Waals surface area (Å²) in [4.78, 5) is 4.26. The third kappa shape index (κ3) is 1.80. The van der Waals surface area contributed by atoms with Crippen molar-refractivity contribution in [3.05, 3.63) is 58.8 Å². The molecule has 3 aromatic rings. The van der Waals surface area contributed by atoms with Gasteiger partial charge in [0.05, 0.1) is 5.69 Å². The second kappa shape index (κ2) is 4.17. The molecule has 0 N–H and O–H groups in total. The first-order valence-corrected chi connectivity index (χ1v) is 6.03. The number of hydrogen-bond acceptors (Lipinski definition) is 1. The lowest BCUT2D eigenvalue weighted by Gasteiger charge is -1.98. The highest BCUT2D eigenvalue weighted by molar-refractivity contribution is 9.10. The third-order valence-electron chi connectivity index (χ3n) is 2.64. The highest BCUT2D eigenvalue weighted by Crippen LogP contribution is 2.24. The number of nitrogens with zero attached hydrogens (tertiary/aromatic N) is 2. The van der Waals surface area contributed by atoms with Crippen LogP contribution >= 0.6 is 15.9 Å². The summed E-state index contributed by atoms with van der Waals surface area (Å²) in [7, 11) is 0. The molecular weight excluding hydrogens is 302 g/mol. The molecule has 0 aliphatic carbocycles. The summed E-state index contributed by atoms with van der Waals surface area (Å²) in [6, 6.07) is 7.70. The quantitative estimate of drug-likeness (QED) is 0.663. The molecule has 0 spiro atoms. The maximum Gasteiger partial charge on any atom is 0.168 e. The average Bonchev–Trinajstić information content (AvgIpc) is 2.75. The van der Waals surface area contributed by atoms with Gasteiger partial charge >= 0.3 is 0 Å². The number of aromatic nitrogens is 2. The fourth-order valence-corrected chi connectivity index (χ4v) is 2.15. The predicted octanol–water partition coefficient (Wildman–Crippen LogP) is 4.04. The molecule has 90 valence electrons. The molecular formula is C13H7BrF2N2. The van der Waals surface area contributed by atoms with E-state index in [-0.39, 0.29) is 5.56 Å². The van der Waals surface area contributed by atoms with Crippen molar-refractivity contribution in [2.75, 3.05) is 0 Å². The summed E-state index contributed by atoms with van der Waals surface area (Å²) in [6.07, 6.45) is 3.47. The Bertz CT molecular complexity index is 737. The Morgan fingerprint density at radius 2 is 1.89 bits per heavy atom. The molecule has 2 heterocycles. The van der Waals surface area contributed by atoms with E-state index < -0.39 is 11.6 Å². The van der Waals surface area contributed by atoms with Crippen LogP contribution in [0.25, 0.3) is 16.9 Å². The molecule has 5 heteroatoms. The van der Waals surface area contributed by atoms with Gasteiger partial charge < -0.3 is 4.40 Å². The van der Waals surface area contributed by atoms with Crippen LogP contribution in [-0.4, -0.2) is 9.38 Å². The van der Waals surface area contributed by atoms with Gasteiger partial charge in [0.25, 0.3) is 0 Å². The Morgan fingerprint density at radius 3 is 2.72 bits per heavy atom. The maximum atomic E-state index is 13.7. The molecule has 0 saturated carbocycles. The SMILES string of the molecule is Fc1cccc(-c2cn3cc(Br)ccc3n2)c1F. The first kappa shape index (κ1) is 11.3. The molecule has 18 heavy (non-hydrogen) atoms. The van der Waals surface area contributed by atoms with Gasteiger partial charge in [-0.25, -0.2) is 13.8 Å². The number of rotatable bonds is 1.